The van der Waals surface area contributed by atoms with E-state index < -0.39 is 17.2 Å². The van der Waals surface area contributed by atoms with E-state index in [9.17, 15) is 9.59 Å². The molecule has 0 bridgehead atoms. The third-order valence-electron chi connectivity index (χ3n) is 4.08. The Morgan fingerprint density at radius 3 is 2.52 bits per heavy atom. The molecule has 2 rings (SSSR count). The smallest absolute Gasteiger partial charge is 0.411 e. The predicted octanol–water partition coefficient (Wildman–Crippen LogP) is 3.57. The molecule has 1 aliphatic carbocycles. The fourth-order valence-corrected chi connectivity index (χ4v) is 2.58. The maximum Gasteiger partial charge on any atom is 0.411 e. The number of benzene rings is 1. The Hall–Kier alpha value is -2.55. The SMILES string of the molecule is [C-]#[N+]CC1(N(CC(=O)c2cccc(OC)c2)C(=O)OC(C)(C)C)CC1. The van der Waals surface area contributed by atoms with Crippen LogP contribution in [-0.2, 0) is 4.74 Å². The number of hydrogen-bond donors (Lipinski definition) is 0. The summed E-state index contributed by atoms with van der Waals surface area (Å²) in [5.74, 6) is 0.373. The zero-order valence-electron chi connectivity index (χ0n) is 15.2. The second kappa shape index (κ2) is 7.14. The van der Waals surface area contributed by atoms with Crippen LogP contribution in [0.15, 0.2) is 24.3 Å². The van der Waals surface area contributed by atoms with Gasteiger partial charge in [0.05, 0.1) is 13.7 Å². The zero-order chi connectivity index (χ0) is 18.7. The molecule has 0 saturated heterocycles. The van der Waals surface area contributed by atoms with Gasteiger partial charge in [-0.05, 0) is 45.7 Å². The lowest BCUT2D eigenvalue weighted by molar-refractivity contribution is 0.0147. The topological polar surface area (TPSA) is 60.2 Å². The van der Waals surface area contributed by atoms with Crippen LogP contribution in [-0.4, -0.2) is 48.1 Å². The fraction of sp³-hybridized carbons (Fsp3) is 0.526. The zero-order valence-corrected chi connectivity index (χ0v) is 15.2. The average molecular weight is 344 g/mol. The van der Waals surface area contributed by atoms with E-state index in [1.807, 2.05) is 0 Å². The highest BCUT2D eigenvalue weighted by atomic mass is 16.6. The summed E-state index contributed by atoms with van der Waals surface area (Å²) in [6.45, 7) is 12.6. The molecular weight excluding hydrogens is 320 g/mol. The van der Waals surface area contributed by atoms with Crippen molar-refractivity contribution < 1.29 is 19.1 Å². The molecule has 0 aliphatic heterocycles. The van der Waals surface area contributed by atoms with Crippen molar-refractivity contribution in [2.24, 2.45) is 0 Å². The molecule has 1 amide bonds. The molecule has 0 heterocycles. The van der Waals surface area contributed by atoms with Gasteiger partial charge in [0.2, 0.25) is 6.54 Å². The summed E-state index contributed by atoms with van der Waals surface area (Å²) in [6, 6.07) is 6.82. The van der Waals surface area contributed by atoms with Crippen LogP contribution in [0.1, 0.15) is 44.0 Å². The molecule has 134 valence electrons. The number of methoxy groups -OCH3 is 1. The van der Waals surface area contributed by atoms with Gasteiger partial charge in [0.15, 0.2) is 5.78 Å². The number of Topliss-reactive ketones (excluding diaryl/α,β-unsaturated/α-hetero) is 1. The number of carbonyl (C=O) groups is 2. The van der Waals surface area contributed by atoms with Gasteiger partial charge >= 0.3 is 6.09 Å². The maximum absolute atomic E-state index is 12.7. The fourth-order valence-electron chi connectivity index (χ4n) is 2.58. The van der Waals surface area contributed by atoms with Crippen molar-refractivity contribution in [3.05, 3.63) is 41.2 Å². The van der Waals surface area contributed by atoms with Gasteiger partial charge in [-0.2, -0.15) is 0 Å². The van der Waals surface area contributed by atoms with Crippen molar-refractivity contribution in [1.82, 2.24) is 4.90 Å². The first kappa shape index (κ1) is 18.8. The first-order valence-corrected chi connectivity index (χ1v) is 8.22. The number of ether oxygens (including phenoxy) is 2. The largest absolute Gasteiger partial charge is 0.497 e. The van der Waals surface area contributed by atoms with Gasteiger partial charge in [-0.15, -0.1) is 0 Å². The minimum atomic E-state index is -0.664. The van der Waals surface area contributed by atoms with Crippen LogP contribution in [0.2, 0.25) is 0 Å². The highest BCUT2D eigenvalue weighted by molar-refractivity contribution is 5.99. The Labute approximate surface area is 148 Å². The van der Waals surface area contributed by atoms with Gasteiger partial charge in [-0.3, -0.25) is 9.69 Å². The average Bonchev–Trinajstić information content (AvgIpc) is 3.31. The lowest BCUT2D eigenvalue weighted by atomic mass is 10.1. The summed E-state index contributed by atoms with van der Waals surface area (Å²) in [6.07, 6.45) is 0.866. The molecule has 1 saturated carbocycles. The Morgan fingerprint density at radius 2 is 2.00 bits per heavy atom. The molecule has 1 aromatic carbocycles. The Morgan fingerprint density at radius 1 is 1.32 bits per heavy atom. The molecule has 6 heteroatoms. The number of rotatable bonds is 6. The summed E-state index contributed by atoms with van der Waals surface area (Å²) in [5, 5.41) is 0. The number of carbonyl (C=O) groups excluding carboxylic acids is 2. The van der Waals surface area contributed by atoms with E-state index in [2.05, 4.69) is 4.85 Å². The van der Waals surface area contributed by atoms with E-state index in [4.69, 9.17) is 16.0 Å². The molecule has 0 atom stereocenters. The van der Waals surface area contributed by atoms with Gasteiger partial charge in [0.25, 0.3) is 0 Å². The molecule has 0 radical (unpaired) electrons. The monoisotopic (exact) mass is 344 g/mol. The van der Waals surface area contributed by atoms with Crippen molar-refractivity contribution in [2.45, 2.75) is 44.8 Å². The van der Waals surface area contributed by atoms with Crippen molar-refractivity contribution in [3.63, 3.8) is 0 Å². The molecule has 25 heavy (non-hydrogen) atoms. The highest BCUT2D eigenvalue weighted by Gasteiger charge is 2.55. The first-order chi connectivity index (χ1) is 11.7. The van der Waals surface area contributed by atoms with E-state index in [-0.39, 0.29) is 18.9 Å². The van der Waals surface area contributed by atoms with Crippen LogP contribution < -0.4 is 4.74 Å². The number of nitrogens with zero attached hydrogens (tertiary/aromatic N) is 2. The number of amides is 1. The summed E-state index contributed by atoms with van der Waals surface area (Å²) < 4.78 is 10.6. The minimum Gasteiger partial charge on any atom is -0.497 e. The van der Waals surface area contributed by atoms with E-state index in [0.717, 1.165) is 0 Å². The van der Waals surface area contributed by atoms with Crippen LogP contribution >= 0.6 is 0 Å². The van der Waals surface area contributed by atoms with Crippen LogP contribution in [0, 0.1) is 6.57 Å². The number of ketones is 1. The van der Waals surface area contributed by atoms with E-state index in [1.54, 1.807) is 45.0 Å². The molecule has 1 aromatic rings. The molecule has 0 N–H and O–H groups in total. The Bertz CT molecular complexity index is 696. The molecular formula is C19H24N2O4. The summed E-state index contributed by atoms with van der Waals surface area (Å²) in [4.78, 5) is 30.2. The Kier molecular flexibility index (Phi) is 5.36. The summed E-state index contributed by atoms with van der Waals surface area (Å²) >= 11 is 0. The molecule has 6 nitrogen and oxygen atoms in total. The van der Waals surface area contributed by atoms with Gasteiger partial charge in [-0.25, -0.2) is 11.4 Å². The van der Waals surface area contributed by atoms with E-state index in [1.165, 1.54) is 12.0 Å². The van der Waals surface area contributed by atoms with Crippen molar-refractivity contribution in [3.8, 4) is 5.75 Å². The van der Waals surface area contributed by atoms with Gasteiger partial charge in [0.1, 0.15) is 16.9 Å². The van der Waals surface area contributed by atoms with Crippen LogP contribution in [0.4, 0.5) is 4.79 Å². The van der Waals surface area contributed by atoms with Gasteiger partial charge in [0, 0.05) is 5.56 Å². The van der Waals surface area contributed by atoms with E-state index in [0.29, 0.717) is 24.2 Å². The quantitative estimate of drug-likeness (QED) is 0.585. The van der Waals surface area contributed by atoms with Crippen molar-refractivity contribution >= 4 is 11.9 Å². The van der Waals surface area contributed by atoms with Crippen LogP contribution in [0.3, 0.4) is 0 Å². The lowest BCUT2D eigenvalue weighted by Gasteiger charge is -2.31. The minimum absolute atomic E-state index is 0.113. The third kappa shape index (κ3) is 4.72. The molecule has 0 aromatic heterocycles. The molecule has 1 fully saturated rings. The van der Waals surface area contributed by atoms with Crippen LogP contribution in [0.25, 0.3) is 4.85 Å². The van der Waals surface area contributed by atoms with Crippen molar-refractivity contribution in [1.29, 1.82) is 0 Å². The second-order valence-electron chi connectivity index (χ2n) is 7.26. The molecule has 0 unspecified atom stereocenters. The molecule has 1 aliphatic rings. The first-order valence-electron chi connectivity index (χ1n) is 8.22. The predicted molar refractivity (Wildman–Crippen MR) is 93.7 cm³/mol. The van der Waals surface area contributed by atoms with Gasteiger partial charge in [-0.1, -0.05) is 12.1 Å². The second-order valence-corrected chi connectivity index (χ2v) is 7.26. The summed E-state index contributed by atoms with van der Waals surface area (Å²) in [7, 11) is 1.53. The maximum atomic E-state index is 12.7. The lowest BCUT2D eigenvalue weighted by Crippen LogP contribution is -2.48. The Balaban J connectivity index is 2.22. The number of hydrogen-bond acceptors (Lipinski definition) is 4. The summed E-state index contributed by atoms with van der Waals surface area (Å²) in [5.41, 5.74) is -0.784. The van der Waals surface area contributed by atoms with Crippen LogP contribution in [0.5, 0.6) is 5.75 Å². The highest BCUT2D eigenvalue weighted by Crippen LogP contribution is 2.43. The standard InChI is InChI=1S/C19H24N2O4/c1-18(2,3)25-17(23)21(19(9-10-19)13-20-4)12-16(22)14-7-6-8-15(11-14)24-5/h6-8,11H,9-10,12-13H2,1-3,5H3. The van der Waals surface area contributed by atoms with E-state index >= 15 is 0 Å². The van der Waals surface area contributed by atoms with Crippen molar-refractivity contribution in [2.75, 3.05) is 20.2 Å². The molecule has 0 spiro atoms. The third-order valence-corrected chi connectivity index (χ3v) is 4.08. The van der Waals surface area contributed by atoms with Gasteiger partial charge < -0.3 is 14.3 Å². The normalized spacial score (nSPS) is 15.0.